The van der Waals surface area contributed by atoms with Crippen LogP contribution in [0.25, 0.3) is 11.0 Å². The van der Waals surface area contributed by atoms with Crippen molar-refractivity contribution in [3.63, 3.8) is 0 Å². The number of amides is 2. The van der Waals surface area contributed by atoms with Gasteiger partial charge in [0.1, 0.15) is 5.82 Å². The molecule has 4 rings (SSSR count). The van der Waals surface area contributed by atoms with Crippen LogP contribution >= 0.6 is 0 Å². The van der Waals surface area contributed by atoms with Crippen molar-refractivity contribution < 1.29 is 14.0 Å². The Morgan fingerprint density at radius 3 is 2.63 bits per heavy atom. The molecular weight excluding hydrogens is 347 g/mol. The predicted molar refractivity (Wildman–Crippen MR) is 100 cm³/mol. The second kappa shape index (κ2) is 7.19. The van der Waals surface area contributed by atoms with Gasteiger partial charge in [-0.3, -0.25) is 14.9 Å². The molecule has 0 atom stereocenters. The quantitative estimate of drug-likeness (QED) is 0.641. The molecule has 0 fully saturated rings. The van der Waals surface area contributed by atoms with Crippen molar-refractivity contribution in [3.05, 3.63) is 59.4 Å². The van der Waals surface area contributed by atoms with Crippen molar-refractivity contribution in [1.29, 1.82) is 0 Å². The van der Waals surface area contributed by atoms with Crippen molar-refractivity contribution >= 4 is 28.8 Å². The number of imidazole rings is 1. The van der Waals surface area contributed by atoms with Gasteiger partial charge in [-0.2, -0.15) is 0 Å². The van der Waals surface area contributed by atoms with Gasteiger partial charge in [0.2, 0.25) is 5.95 Å². The van der Waals surface area contributed by atoms with Crippen molar-refractivity contribution in [1.82, 2.24) is 14.9 Å². The van der Waals surface area contributed by atoms with Gasteiger partial charge in [0.25, 0.3) is 11.8 Å². The smallest absolute Gasteiger partial charge is 0.257 e. The number of aromatic nitrogens is 2. The zero-order valence-corrected chi connectivity index (χ0v) is 14.7. The number of anilines is 1. The lowest BCUT2D eigenvalue weighted by Crippen LogP contribution is -2.25. The third-order valence-corrected chi connectivity index (χ3v) is 4.67. The summed E-state index contributed by atoms with van der Waals surface area (Å²) in [5, 5.41) is 5.68. The van der Waals surface area contributed by atoms with Gasteiger partial charge in [0.05, 0.1) is 11.0 Å². The molecule has 2 N–H and O–H groups in total. The minimum atomic E-state index is -0.367. The molecular formula is C20H19FN4O2. The molecule has 1 aliphatic heterocycles. The standard InChI is InChI=1S/C20H19FN4O2/c21-15-7-8-17-16(12-15)23-20-24-19(27)14-6-4-5-13(11-14)18(26)22-9-2-1-3-10-25(17)20/h4-8,11-12H,1-3,9-10H2,(H,22,26)(H,23,24,27). The maximum Gasteiger partial charge on any atom is 0.257 e. The Labute approximate surface area is 155 Å². The molecule has 1 aromatic heterocycles. The molecule has 6 nitrogen and oxygen atoms in total. The second-order valence-corrected chi connectivity index (χ2v) is 6.57. The molecule has 0 saturated heterocycles. The lowest BCUT2D eigenvalue weighted by Gasteiger charge is -2.12. The third-order valence-electron chi connectivity index (χ3n) is 4.67. The van der Waals surface area contributed by atoms with E-state index in [9.17, 15) is 14.0 Å². The number of nitrogens with zero attached hydrogens (tertiary/aromatic N) is 2. The van der Waals surface area contributed by atoms with Crippen LogP contribution in [0, 0.1) is 5.82 Å². The maximum absolute atomic E-state index is 13.6. The Balaban J connectivity index is 1.75. The molecule has 2 heterocycles. The summed E-state index contributed by atoms with van der Waals surface area (Å²) in [6.07, 6.45) is 2.62. The van der Waals surface area contributed by atoms with Crippen LogP contribution in [0.5, 0.6) is 0 Å². The van der Waals surface area contributed by atoms with Crippen LogP contribution < -0.4 is 10.6 Å². The third kappa shape index (κ3) is 3.53. The van der Waals surface area contributed by atoms with Crippen LogP contribution in [0.1, 0.15) is 40.0 Å². The average Bonchev–Trinajstić information content (AvgIpc) is 2.99. The van der Waals surface area contributed by atoms with Crippen molar-refractivity contribution in [2.75, 3.05) is 11.9 Å². The average molecular weight is 366 g/mol. The molecule has 27 heavy (non-hydrogen) atoms. The normalized spacial score (nSPS) is 15.6. The van der Waals surface area contributed by atoms with E-state index in [2.05, 4.69) is 15.6 Å². The highest BCUT2D eigenvalue weighted by Gasteiger charge is 2.16. The summed E-state index contributed by atoms with van der Waals surface area (Å²) in [7, 11) is 0. The van der Waals surface area contributed by atoms with Crippen molar-refractivity contribution in [2.24, 2.45) is 0 Å². The van der Waals surface area contributed by atoms with E-state index in [4.69, 9.17) is 0 Å². The summed E-state index contributed by atoms with van der Waals surface area (Å²) in [4.78, 5) is 29.3. The second-order valence-electron chi connectivity index (χ2n) is 6.57. The first-order valence-electron chi connectivity index (χ1n) is 8.97. The number of hydrogen-bond donors (Lipinski definition) is 2. The first-order valence-corrected chi connectivity index (χ1v) is 8.97. The van der Waals surface area contributed by atoms with Crippen LogP contribution in [0.2, 0.25) is 0 Å². The molecule has 0 spiro atoms. The monoisotopic (exact) mass is 366 g/mol. The molecule has 2 amide bonds. The SMILES string of the molecule is O=C1NCCCCCn2c(nc3cc(F)ccc32)NC(=O)c2cccc1c2. The fraction of sp³-hybridized carbons (Fsp3) is 0.250. The Morgan fingerprint density at radius 2 is 1.78 bits per heavy atom. The Kier molecular flexibility index (Phi) is 4.58. The van der Waals surface area contributed by atoms with Gasteiger partial charge in [-0.1, -0.05) is 6.07 Å². The first kappa shape index (κ1) is 17.2. The van der Waals surface area contributed by atoms with Crippen LogP contribution in [0.3, 0.4) is 0 Å². The minimum Gasteiger partial charge on any atom is -0.352 e. The molecule has 3 aromatic rings. The largest absolute Gasteiger partial charge is 0.352 e. The Hall–Kier alpha value is -3.22. The van der Waals surface area contributed by atoms with Gasteiger partial charge in [0.15, 0.2) is 0 Å². The fourth-order valence-corrected chi connectivity index (χ4v) is 3.28. The number of hydrogen-bond acceptors (Lipinski definition) is 3. The van der Waals surface area contributed by atoms with Gasteiger partial charge in [0, 0.05) is 30.3 Å². The Bertz CT molecular complexity index is 1030. The topological polar surface area (TPSA) is 76.0 Å². The molecule has 0 unspecified atom stereocenters. The van der Waals surface area contributed by atoms with Gasteiger partial charge < -0.3 is 9.88 Å². The van der Waals surface area contributed by atoms with Crippen LogP contribution in [0.4, 0.5) is 10.3 Å². The van der Waals surface area contributed by atoms with Crippen LogP contribution in [-0.2, 0) is 6.54 Å². The van der Waals surface area contributed by atoms with Crippen molar-refractivity contribution in [2.45, 2.75) is 25.8 Å². The highest BCUT2D eigenvalue weighted by molar-refractivity contribution is 6.06. The zero-order chi connectivity index (χ0) is 18.8. The lowest BCUT2D eigenvalue weighted by atomic mass is 10.1. The van der Waals surface area contributed by atoms with Gasteiger partial charge in [-0.15, -0.1) is 0 Å². The zero-order valence-electron chi connectivity index (χ0n) is 14.7. The molecule has 2 aromatic carbocycles. The molecule has 0 radical (unpaired) electrons. The van der Waals surface area contributed by atoms with E-state index in [0.717, 1.165) is 24.8 Å². The predicted octanol–water partition coefficient (Wildman–Crippen LogP) is 3.34. The fourth-order valence-electron chi connectivity index (χ4n) is 3.28. The number of rotatable bonds is 0. The number of carbonyl (C=O) groups is 2. The summed E-state index contributed by atoms with van der Waals surface area (Å²) in [6.45, 7) is 1.23. The number of benzene rings is 2. The first-order chi connectivity index (χ1) is 13.1. The number of halogens is 1. The summed E-state index contributed by atoms with van der Waals surface area (Å²) >= 11 is 0. The number of aryl methyl sites for hydroxylation is 1. The number of fused-ring (bicyclic) bond motifs is 5. The van der Waals surface area contributed by atoms with E-state index >= 15 is 0 Å². The van der Waals surface area contributed by atoms with Gasteiger partial charge >= 0.3 is 0 Å². The molecule has 7 heteroatoms. The molecule has 2 bridgehead atoms. The summed E-state index contributed by atoms with van der Waals surface area (Å²) < 4.78 is 15.5. The molecule has 0 saturated carbocycles. The van der Waals surface area contributed by atoms with Crippen molar-refractivity contribution in [3.8, 4) is 0 Å². The molecule has 0 aliphatic carbocycles. The summed E-state index contributed by atoms with van der Waals surface area (Å²) in [5.74, 6) is -0.538. The van der Waals surface area contributed by atoms with E-state index in [1.807, 2.05) is 4.57 Å². The number of nitrogens with one attached hydrogen (secondary N) is 2. The van der Waals surface area contributed by atoms with E-state index in [1.165, 1.54) is 12.1 Å². The highest BCUT2D eigenvalue weighted by atomic mass is 19.1. The summed E-state index contributed by atoms with van der Waals surface area (Å²) in [6, 6.07) is 11.0. The number of carbonyl (C=O) groups excluding carboxylic acids is 2. The maximum atomic E-state index is 13.6. The lowest BCUT2D eigenvalue weighted by molar-refractivity contribution is 0.0953. The summed E-state index contributed by atoms with van der Waals surface area (Å²) in [5.41, 5.74) is 2.08. The van der Waals surface area contributed by atoms with E-state index in [1.54, 1.807) is 30.3 Å². The minimum absolute atomic E-state index is 0.190. The van der Waals surface area contributed by atoms with Gasteiger partial charge in [-0.25, -0.2) is 9.37 Å². The Morgan fingerprint density at radius 1 is 0.963 bits per heavy atom. The van der Waals surface area contributed by atoms with E-state index in [0.29, 0.717) is 35.7 Å². The van der Waals surface area contributed by atoms with E-state index in [-0.39, 0.29) is 17.6 Å². The van der Waals surface area contributed by atoms with E-state index < -0.39 is 0 Å². The molecule has 138 valence electrons. The molecule has 1 aliphatic rings. The van der Waals surface area contributed by atoms with Crippen LogP contribution in [0.15, 0.2) is 42.5 Å². The van der Waals surface area contributed by atoms with Gasteiger partial charge in [-0.05, 0) is 49.6 Å². The highest BCUT2D eigenvalue weighted by Crippen LogP contribution is 2.22. The van der Waals surface area contributed by atoms with Crippen LogP contribution in [-0.4, -0.2) is 27.9 Å².